The van der Waals surface area contributed by atoms with Crippen molar-refractivity contribution in [3.63, 3.8) is 0 Å². The number of hydrogen-bond acceptors (Lipinski definition) is 5. The largest absolute Gasteiger partial charge is 0.494 e. The Balaban J connectivity index is 2.19. The highest BCUT2D eigenvalue weighted by molar-refractivity contribution is 5.88. The molecule has 1 heterocycles. The lowest BCUT2D eigenvalue weighted by atomic mass is 10.2. The number of aromatic carboxylic acids is 1. The van der Waals surface area contributed by atoms with E-state index in [0.29, 0.717) is 18.2 Å². The quantitative estimate of drug-likeness (QED) is 0.871. The van der Waals surface area contributed by atoms with Gasteiger partial charge in [0, 0.05) is 18.0 Å². The summed E-state index contributed by atoms with van der Waals surface area (Å²) in [6.07, 6.45) is 1.29. The molecule has 1 aromatic heterocycles. The Hall–Kier alpha value is -2.63. The van der Waals surface area contributed by atoms with Crippen molar-refractivity contribution >= 4 is 17.6 Å². The number of aryl methyl sites for hydroxylation is 1. The molecule has 2 rings (SSSR count). The van der Waals surface area contributed by atoms with Gasteiger partial charge in [-0.3, -0.25) is 0 Å². The average Bonchev–Trinajstić information content (AvgIpc) is 2.39. The highest BCUT2D eigenvalue weighted by atomic mass is 16.5. The number of nitrogens with zero attached hydrogens (tertiary/aromatic N) is 2. The molecule has 6 nitrogen and oxygen atoms in total. The van der Waals surface area contributed by atoms with E-state index in [2.05, 4.69) is 15.3 Å². The SMILES string of the molecule is CCOc1cccc(Nc2ncc(C(=O)O)c(C)n2)c1. The lowest BCUT2D eigenvalue weighted by Crippen LogP contribution is -2.06. The molecule has 0 unspecified atom stereocenters. The number of carboxylic acids is 1. The number of ether oxygens (including phenoxy) is 1. The van der Waals surface area contributed by atoms with Crippen LogP contribution in [0.5, 0.6) is 5.75 Å². The summed E-state index contributed by atoms with van der Waals surface area (Å²) in [5.41, 5.74) is 1.29. The molecule has 0 aliphatic heterocycles. The third-order valence-electron chi connectivity index (χ3n) is 2.61. The predicted octanol–water partition coefficient (Wildman–Crippen LogP) is 2.63. The molecule has 20 heavy (non-hydrogen) atoms. The van der Waals surface area contributed by atoms with E-state index < -0.39 is 5.97 Å². The molecule has 6 heteroatoms. The van der Waals surface area contributed by atoms with Crippen molar-refractivity contribution in [3.05, 3.63) is 41.7 Å². The highest BCUT2D eigenvalue weighted by Crippen LogP contribution is 2.20. The number of benzene rings is 1. The van der Waals surface area contributed by atoms with Crippen molar-refractivity contribution in [2.45, 2.75) is 13.8 Å². The summed E-state index contributed by atoms with van der Waals surface area (Å²) < 4.78 is 5.40. The van der Waals surface area contributed by atoms with Crippen molar-refractivity contribution in [2.75, 3.05) is 11.9 Å². The van der Waals surface area contributed by atoms with Gasteiger partial charge in [-0.25, -0.2) is 14.8 Å². The van der Waals surface area contributed by atoms with Gasteiger partial charge in [-0.05, 0) is 26.0 Å². The summed E-state index contributed by atoms with van der Waals surface area (Å²) in [5, 5.41) is 11.9. The van der Waals surface area contributed by atoms with E-state index in [9.17, 15) is 4.79 Å². The van der Waals surface area contributed by atoms with Crippen molar-refractivity contribution in [1.82, 2.24) is 9.97 Å². The van der Waals surface area contributed by atoms with Crippen molar-refractivity contribution < 1.29 is 14.6 Å². The number of nitrogens with one attached hydrogen (secondary N) is 1. The number of carboxylic acid groups (broad SMARTS) is 1. The Morgan fingerprint density at radius 1 is 1.45 bits per heavy atom. The lowest BCUT2D eigenvalue weighted by Gasteiger charge is -2.08. The van der Waals surface area contributed by atoms with E-state index in [1.165, 1.54) is 6.20 Å². The Kier molecular flexibility index (Phi) is 4.14. The van der Waals surface area contributed by atoms with E-state index >= 15 is 0 Å². The number of carbonyl (C=O) groups is 1. The van der Waals surface area contributed by atoms with E-state index in [4.69, 9.17) is 9.84 Å². The minimum absolute atomic E-state index is 0.0959. The molecule has 0 aliphatic rings. The molecule has 0 amide bonds. The van der Waals surface area contributed by atoms with Crippen LogP contribution in [0.2, 0.25) is 0 Å². The Bertz CT molecular complexity index is 629. The first-order valence-corrected chi connectivity index (χ1v) is 6.17. The fraction of sp³-hybridized carbons (Fsp3) is 0.214. The zero-order chi connectivity index (χ0) is 14.5. The predicted molar refractivity (Wildman–Crippen MR) is 74.6 cm³/mol. The second kappa shape index (κ2) is 6.01. The number of hydrogen-bond donors (Lipinski definition) is 2. The maximum Gasteiger partial charge on any atom is 0.339 e. The number of aromatic nitrogens is 2. The molecule has 0 atom stereocenters. The third-order valence-corrected chi connectivity index (χ3v) is 2.61. The van der Waals surface area contributed by atoms with Crippen LogP contribution in [0.3, 0.4) is 0 Å². The number of rotatable bonds is 5. The molecule has 1 aromatic carbocycles. The van der Waals surface area contributed by atoms with Crippen molar-refractivity contribution in [3.8, 4) is 5.75 Å². The molecule has 0 saturated heterocycles. The summed E-state index contributed by atoms with van der Waals surface area (Å²) >= 11 is 0. The maximum atomic E-state index is 10.9. The van der Waals surface area contributed by atoms with Gasteiger partial charge >= 0.3 is 5.97 Å². The molecule has 0 saturated carbocycles. The summed E-state index contributed by atoms with van der Waals surface area (Å²) in [5.74, 6) is 0.0601. The molecule has 104 valence electrons. The minimum Gasteiger partial charge on any atom is -0.494 e. The van der Waals surface area contributed by atoms with E-state index in [0.717, 1.165) is 11.4 Å². The lowest BCUT2D eigenvalue weighted by molar-refractivity contribution is 0.0695. The van der Waals surface area contributed by atoms with Crippen LogP contribution < -0.4 is 10.1 Å². The standard InChI is InChI=1S/C14H15N3O3/c1-3-20-11-6-4-5-10(7-11)17-14-15-8-12(13(18)19)9(2)16-14/h4-8H,3H2,1-2H3,(H,18,19)(H,15,16,17). The van der Waals surface area contributed by atoms with Gasteiger partial charge in [-0.15, -0.1) is 0 Å². The van der Waals surface area contributed by atoms with Crippen LogP contribution in [0.25, 0.3) is 0 Å². The van der Waals surface area contributed by atoms with Crippen LogP contribution in [-0.4, -0.2) is 27.7 Å². The molecular formula is C14H15N3O3. The smallest absolute Gasteiger partial charge is 0.339 e. The molecule has 0 aliphatic carbocycles. The fourth-order valence-electron chi connectivity index (χ4n) is 1.70. The summed E-state index contributed by atoms with van der Waals surface area (Å²) in [4.78, 5) is 19.0. The van der Waals surface area contributed by atoms with E-state index in [1.807, 2.05) is 31.2 Å². The van der Waals surface area contributed by atoms with Gasteiger partial charge in [0.05, 0.1) is 17.9 Å². The summed E-state index contributed by atoms with van der Waals surface area (Å²) in [6.45, 7) is 4.14. The molecule has 2 aromatic rings. The topological polar surface area (TPSA) is 84.3 Å². The second-order valence-electron chi connectivity index (χ2n) is 4.08. The zero-order valence-electron chi connectivity index (χ0n) is 11.3. The fourth-order valence-corrected chi connectivity index (χ4v) is 1.70. The molecule has 0 bridgehead atoms. The van der Waals surface area contributed by atoms with Crippen LogP contribution in [0, 0.1) is 6.92 Å². The second-order valence-corrected chi connectivity index (χ2v) is 4.08. The van der Waals surface area contributed by atoms with Crippen LogP contribution in [0.1, 0.15) is 23.0 Å². The van der Waals surface area contributed by atoms with Crippen LogP contribution >= 0.6 is 0 Å². The van der Waals surface area contributed by atoms with E-state index in [-0.39, 0.29) is 5.56 Å². The van der Waals surface area contributed by atoms with Gasteiger partial charge in [-0.1, -0.05) is 6.07 Å². The molecule has 0 spiro atoms. The normalized spacial score (nSPS) is 10.1. The highest BCUT2D eigenvalue weighted by Gasteiger charge is 2.10. The van der Waals surface area contributed by atoms with Crippen LogP contribution in [-0.2, 0) is 0 Å². The Morgan fingerprint density at radius 3 is 2.90 bits per heavy atom. The van der Waals surface area contributed by atoms with E-state index in [1.54, 1.807) is 6.92 Å². The third kappa shape index (κ3) is 3.23. The first kappa shape index (κ1) is 13.8. The van der Waals surface area contributed by atoms with Crippen molar-refractivity contribution in [1.29, 1.82) is 0 Å². The van der Waals surface area contributed by atoms with Gasteiger partial charge in [-0.2, -0.15) is 0 Å². The molecular weight excluding hydrogens is 258 g/mol. The van der Waals surface area contributed by atoms with Crippen LogP contribution in [0.15, 0.2) is 30.5 Å². The monoisotopic (exact) mass is 273 g/mol. The molecule has 0 fully saturated rings. The number of anilines is 2. The maximum absolute atomic E-state index is 10.9. The Labute approximate surface area is 116 Å². The summed E-state index contributed by atoms with van der Waals surface area (Å²) in [6, 6.07) is 7.39. The van der Waals surface area contributed by atoms with Crippen molar-refractivity contribution in [2.24, 2.45) is 0 Å². The zero-order valence-corrected chi connectivity index (χ0v) is 11.3. The van der Waals surface area contributed by atoms with Gasteiger partial charge in [0.2, 0.25) is 5.95 Å². The van der Waals surface area contributed by atoms with Crippen LogP contribution in [0.4, 0.5) is 11.6 Å². The Morgan fingerprint density at radius 2 is 2.25 bits per heavy atom. The summed E-state index contributed by atoms with van der Waals surface area (Å²) in [7, 11) is 0. The first-order chi connectivity index (χ1) is 9.60. The minimum atomic E-state index is -1.03. The van der Waals surface area contributed by atoms with Gasteiger partial charge in [0.1, 0.15) is 5.75 Å². The van der Waals surface area contributed by atoms with Gasteiger partial charge in [0.25, 0.3) is 0 Å². The van der Waals surface area contributed by atoms with Gasteiger partial charge < -0.3 is 15.2 Å². The molecule has 0 radical (unpaired) electrons. The average molecular weight is 273 g/mol. The first-order valence-electron chi connectivity index (χ1n) is 6.17. The molecule has 2 N–H and O–H groups in total. The van der Waals surface area contributed by atoms with Gasteiger partial charge in [0.15, 0.2) is 0 Å².